The summed E-state index contributed by atoms with van der Waals surface area (Å²) in [6, 6.07) is 0. The second-order valence-corrected chi connectivity index (χ2v) is 10.5. The maximum atomic E-state index is 12.0. The van der Waals surface area contributed by atoms with Crippen LogP contribution in [0.5, 0.6) is 0 Å². The van der Waals surface area contributed by atoms with Crippen LogP contribution in [0.25, 0.3) is 11.2 Å². The van der Waals surface area contributed by atoms with Gasteiger partial charge < -0.3 is 49.3 Å². The fraction of sp³-hybridized carbons (Fsp3) is 0.545. The van der Waals surface area contributed by atoms with Gasteiger partial charge in [0.25, 0.3) is 15.6 Å². The number of hydrogen-bond donors (Lipinski definition) is 3. The first-order valence-corrected chi connectivity index (χ1v) is 12.7. The normalized spacial score (nSPS) is 26.7. The summed E-state index contributed by atoms with van der Waals surface area (Å²) in [7, 11) is -18.2. The number of hydrogen-bond acceptors (Lipinski definition) is 17. The van der Waals surface area contributed by atoms with Gasteiger partial charge >= 0.3 is 0 Å². The molecule has 0 bridgehead atoms. The smallest absolute Gasteiger partial charge is 0.278 e. The standard InChI is InChI=1S/C11H18N5O13P3/c1-4(27-31(22,23)29-32(24,25)28-30(19,20)21)9-15-6-8(12)13-3-14-10(6)16(9)11-7(18)5(17)2-26-11/h3-5,7,11,17-18H,2H2,1H3,(H,22,23)(H,24,25)(H2,12,13,14)(H2,19,20,21)/p-4. The summed E-state index contributed by atoms with van der Waals surface area (Å²) >= 11 is 0. The molecule has 0 spiro atoms. The molecule has 6 unspecified atom stereocenters. The monoisotopic (exact) mass is 517 g/mol. The summed E-state index contributed by atoms with van der Waals surface area (Å²) in [5, 5.41) is 20.0. The lowest BCUT2D eigenvalue weighted by Crippen LogP contribution is -2.29. The Kier molecular flexibility index (Phi) is 6.93. The number of anilines is 1. The molecule has 0 saturated carbocycles. The van der Waals surface area contributed by atoms with Crippen molar-refractivity contribution in [3.8, 4) is 0 Å². The van der Waals surface area contributed by atoms with Gasteiger partial charge in [0, 0.05) is 0 Å². The second kappa shape index (κ2) is 8.77. The van der Waals surface area contributed by atoms with E-state index in [1.807, 2.05) is 0 Å². The van der Waals surface area contributed by atoms with E-state index in [9.17, 15) is 43.5 Å². The number of imidazole rings is 1. The van der Waals surface area contributed by atoms with Crippen LogP contribution in [0.2, 0.25) is 0 Å². The number of aliphatic hydroxyl groups is 2. The van der Waals surface area contributed by atoms with Gasteiger partial charge in [-0.1, -0.05) is 0 Å². The number of aliphatic hydroxyl groups excluding tert-OH is 2. The first-order chi connectivity index (χ1) is 14.6. The molecular weight excluding hydrogens is 503 g/mol. The van der Waals surface area contributed by atoms with Gasteiger partial charge in [0.05, 0.1) is 14.4 Å². The predicted octanol–water partition coefficient (Wildman–Crippen LogP) is -3.46. The van der Waals surface area contributed by atoms with Crippen LogP contribution < -0.4 is 25.3 Å². The molecule has 3 rings (SSSR count). The summed E-state index contributed by atoms with van der Waals surface area (Å²) in [6.07, 6.45) is -4.82. The molecule has 1 saturated heterocycles. The van der Waals surface area contributed by atoms with Crippen molar-refractivity contribution in [3.05, 3.63) is 12.2 Å². The van der Waals surface area contributed by atoms with Gasteiger partial charge in [0.1, 0.15) is 30.5 Å². The SMILES string of the molecule is CC(OP(=O)([O-])OP(=O)([O-])OP(=O)([O-])[O-])c1nc2c(N)ncnc2n1C1OCC(O)C1O. The molecule has 0 radical (unpaired) electrons. The number of nitrogen functional groups attached to an aromatic ring is 1. The van der Waals surface area contributed by atoms with Gasteiger partial charge in [-0.3, -0.25) is 18.0 Å². The lowest BCUT2D eigenvalue weighted by molar-refractivity contribution is -0.339. The molecule has 18 nitrogen and oxygen atoms in total. The molecule has 21 heteroatoms. The molecule has 4 N–H and O–H groups in total. The third kappa shape index (κ3) is 5.58. The Morgan fingerprint density at radius 3 is 2.41 bits per heavy atom. The van der Waals surface area contributed by atoms with Crippen molar-refractivity contribution in [3.63, 3.8) is 0 Å². The van der Waals surface area contributed by atoms with Gasteiger partial charge in [-0.2, -0.15) is 0 Å². The Balaban J connectivity index is 1.96. The molecule has 1 aliphatic rings. The number of ether oxygens (including phenoxy) is 1. The number of aromatic nitrogens is 4. The van der Waals surface area contributed by atoms with E-state index in [1.165, 1.54) is 0 Å². The maximum Gasteiger partial charge on any atom is 0.278 e. The minimum atomic E-state index is -6.18. The van der Waals surface area contributed by atoms with E-state index in [0.29, 0.717) is 0 Å². The molecular formula is C11H14N5O13P3-4. The Morgan fingerprint density at radius 2 is 1.84 bits per heavy atom. The predicted molar refractivity (Wildman–Crippen MR) is 91.2 cm³/mol. The van der Waals surface area contributed by atoms with Gasteiger partial charge in [0.2, 0.25) is 0 Å². The van der Waals surface area contributed by atoms with Crippen molar-refractivity contribution in [1.29, 1.82) is 0 Å². The van der Waals surface area contributed by atoms with Gasteiger partial charge in [0.15, 0.2) is 23.2 Å². The highest BCUT2D eigenvalue weighted by Gasteiger charge is 2.40. The molecule has 6 atom stereocenters. The van der Waals surface area contributed by atoms with Crippen LogP contribution in [0.1, 0.15) is 25.1 Å². The number of phosphoric ester groups is 1. The van der Waals surface area contributed by atoms with Gasteiger partial charge in [-0.25, -0.2) is 19.3 Å². The second-order valence-electron chi connectivity index (χ2n) is 6.31. The van der Waals surface area contributed by atoms with Crippen LogP contribution >= 0.6 is 23.5 Å². The van der Waals surface area contributed by atoms with Crippen LogP contribution in [0.3, 0.4) is 0 Å². The molecule has 2 aromatic heterocycles. The minimum Gasteiger partial charge on any atom is -0.790 e. The van der Waals surface area contributed by atoms with E-state index < -0.39 is 48.0 Å². The van der Waals surface area contributed by atoms with E-state index in [-0.39, 0.29) is 29.4 Å². The molecule has 1 aliphatic heterocycles. The molecule has 3 heterocycles. The summed E-state index contributed by atoms with van der Waals surface area (Å²) in [4.78, 5) is 55.8. The van der Waals surface area contributed by atoms with Crippen molar-refractivity contribution in [2.24, 2.45) is 0 Å². The number of nitrogens with two attached hydrogens (primary N) is 1. The minimum absolute atomic E-state index is 0.0563. The summed E-state index contributed by atoms with van der Waals surface area (Å²) in [5.41, 5.74) is 5.59. The van der Waals surface area contributed by atoms with E-state index in [2.05, 4.69) is 28.1 Å². The summed E-state index contributed by atoms with van der Waals surface area (Å²) in [5.74, 6) is -0.499. The highest BCUT2D eigenvalue weighted by Crippen LogP contribution is 2.61. The third-order valence-corrected chi connectivity index (χ3v) is 7.74. The summed E-state index contributed by atoms with van der Waals surface area (Å²) in [6.45, 7) is 0.751. The highest BCUT2D eigenvalue weighted by atomic mass is 31.3. The van der Waals surface area contributed by atoms with Crippen LogP contribution in [-0.2, 0) is 31.6 Å². The molecule has 2 aromatic rings. The fourth-order valence-electron chi connectivity index (χ4n) is 2.81. The molecule has 0 aromatic carbocycles. The van der Waals surface area contributed by atoms with E-state index in [0.717, 1.165) is 17.8 Å². The van der Waals surface area contributed by atoms with Crippen molar-refractivity contribution < 1.29 is 61.4 Å². The zero-order valence-electron chi connectivity index (χ0n) is 15.7. The number of phosphoric acid groups is 3. The van der Waals surface area contributed by atoms with Crippen molar-refractivity contribution in [1.82, 2.24) is 19.5 Å². The lowest BCUT2D eigenvalue weighted by atomic mass is 10.2. The van der Waals surface area contributed by atoms with Crippen LogP contribution in [0.4, 0.5) is 5.82 Å². The zero-order valence-corrected chi connectivity index (χ0v) is 18.4. The molecule has 0 aliphatic carbocycles. The first kappa shape index (κ1) is 25.3. The molecule has 1 fully saturated rings. The zero-order chi connectivity index (χ0) is 24.1. The maximum absolute atomic E-state index is 12.0. The molecule has 180 valence electrons. The Morgan fingerprint density at radius 1 is 1.19 bits per heavy atom. The van der Waals surface area contributed by atoms with E-state index >= 15 is 0 Å². The average molecular weight is 517 g/mol. The first-order valence-electron chi connectivity index (χ1n) is 8.31. The van der Waals surface area contributed by atoms with Crippen LogP contribution in [0, 0.1) is 0 Å². The van der Waals surface area contributed by atoms with E-state index in [4.69, 9.17) is 10.5 Å². The number of rotatable bonds is 8. The van der Waals surface area contributed by atoms with Crippen LogP contribution in [-0.4, -0.2) is 48.5 Å². The van der Waals surface area contributed by atoms with Crippen molar-refractivity contribution in [2.75, 3.05) is 12.3 Å². The van der Waals surface area contributed by atoms with Crippen LogP contribution in [0.15, 0.2) is 6.33 Å². The number of nitrogens with zero attached hydrogens (tertiary/aromatic N) is 4. The van der Waals surface area contributed by atoms with E-state index in [1.54, 1.807) is 0 Å². The van der Waals surface area contributed by atoms with Gasteiger partial charge in [-0.05, 0) is 6.92 Å². The Labute approximate surface area is 178 Å². The largest absolute Gasteiger partial charge is 0.790 e. The van der Waals surface area contributed by atoms with Crippen molar-refractivity contribution >= 4 is 40.4 Å². The Bertz CT molecular complexity index is 1150. The summed E-state index contributed by atoms with van der Waals surface area (Å²) < 4.78 is 51.3. The molecule has 32 heavy (non-hydrogen) atoms. The topological polar surface area (TPSA) is 290 Å². The highest BCUT2D eigenvalue weighted by molar-refractivity contribution is 7.64. The van der Waals surface area contributed by atoms with Gasteiger partial charge in [-0.15, -0.1) is 0 Å². The van der Waals surface area contributed by atoms with Crippen molar-refractivity contribution in [2.45, 2.75) is 31.5 Å². The average Bonchev–Trinajstić information content (AvgIpc) is 3.13. The molecule has 0 amide bonds. The lowest BCUT2D eigenvalue weighted by Gasteiger charge is -2.38. The third-order valence-electron chi connectivity index (χ3n) is 3.96. The fourth-order valence-corrected chi connectivity index (χ4v) is 5.80. The Hall–Kier alpha value is -1.36. The number of fused-ring (bicyclic) bond motifs is 1. The quantitative estimate of drug-likeness (QED) is 0.287.